The number of unbranched alkanes of at least 4 members (excludes halogenated alkanes) is 2. The average molecular weight is 290 g/mol. The first-order valence-electron chi connectivity index (χ1n) is 7.00. The lowest BCUT2D eigenvalue weighted by Gasteiger charge is -2.09. The van der Waals surface area contributed by atoms with E-state index in [9.17, 15) is 14.4 Å². The molecule has 0 saturated heterocycles. The highest BCUT2D eigenvalue weighted by Gasteiger charge is 2.36. The van der Waals surface area contributed by atoms with Gasteiger partial charge in [-0.3, -0.25) is 19.3 Å². The molecular formula is C15H18N2O4. The zero-order valence-corrected chi connectivity index (χ0v) is 11.9. The first-order valence-corrected chi connectivity index (χ1v) is 7.00. The monoisotopic (exact) mass is 290 g/mol. The number of nitrogens with zero attached hydrogens (tertiary/aromatic N) is 1. The van der Waals surface area contributed by atoms with E-state index in [1.807, 2.05) is 0 Å². The summed E-state index contributed by atoms with van der Waals surface area (Å²) in [5.41, 5.74) is 1.30. The predicted octanol–water partition coefficient (Wildman–Crippen LogP) is 1.97. The van der Waals surface area contributed by atoms with Crippen molar-refractivity contribution >= 4 is 23.5 Å². The van der Waals surface area contributed by atoms with E-state index in [2.05, 4.69) is 12.2 Å². The number of hydrogen-bond donors (Lipinski definition) is 2. The Morgan fingerprint density at radius 3 is 2.57 bits per heavy atom. The Morgan fingerprint density at radius 2 is 1.90 bits per heavy atom. The van der Waals surface area contributed by atoms with Gasteiger partial charge in [-0.05, 0) is 24.6 Å². The number of carboxylic acid groups (broad SMARTS) is 1. The molecule has 2 N–H and O–H groups in total. The minimum absolute atomic E-state index is 0.264. The summed E-state index contributed by atoms with van der Waals surface area (Å²) in [6.45, 7) is 2.32. The zero-order chi connectivity index (χ0) is 15.4. The average Bonchev–Trinajstić information content (AvgIpc) is 2.68. The van der Waals surface area contributed by atoms with E-state index in [0.717, 1.165) is 36.4 Å². The molecule has 0 unspecified atom stereocenters. The summed E-state index contributed by atoms with van der Waals surface area (Å²) < 4.78 is 0. The van der Waals surface area contributed by atoms with Crippen molar-refractivity contribution in [2.75, 3.05) is 18.4 Å². The molecule has 6 heteroatoms. The fourth-order valence-corrected chi connectivity index (χ4v) is 2.29. The van der Waals surface area contributed by atoms with Crippen molar-refractivity contribution in [1.29, 1.82) is 0 Å². The second-order valence-corrected chi connectivity index (χ2v) is 4.98. The number of fused-ring (bicyclic) bond motifs is 1. The summed E-state index contributed by atoms with van der Waals surface area (Å²) in [7, 11) is 0. The molecule has 1 aliphatic rings. The third-order valence-electron chi connectivity index (χ3n) is 3.37. The fraction of sp³-hybridized carbons (Fsp3) is 0.400. The molecule has 21 heavy (non-hydrogen) atoms. The number of amides is 2. The molecule has 0 bridgehead atoms. The normalized spacial score (nSPS) is 13.5. The quantitative estimate of drug-likeness (QED) is 0.592. The van der Waals surface area contributed by atoms with E-state index in [1.54, 1.807) is 18.2 Å². The van der Waals surface area contributed by atoms with Gasteiger partial charge in [0.15, 0.2) is 0 Å². The van der Waals surface area contributed by atoms with Gasteiger partial charge in [-0.1, -0.05) is 19.8 Å². The van der Waals surface area contributed by atoms with Crippen LogP contribution in [0.4, 0.5) is 5.69 Å². The van der Waals surface area contributed by atoms with Crippen molar-refractivity contribution in [3.63, 3.8) is 0 Å². The minimum Gasteiger partial charge on any atom is -0.480 e. The van der Waals surface area contributed by atoms with Crippen LogP contribution in [0.3, 0.4) is 0 Å². The molecule has 2 amide bonds. The number of carbonyl (C=O) groups excluding carboxylic acids is 2. The summed E-state index contributed by atoms with van der Waals surface area (Å²) in [6, 6.07) is 4.92. The van der Waals surface area contributed by atoms with Crippen molar-refractivity contribution in [3.8, 4) is 0 Å². The maximum absolute atomic E-state index is 12.1. The van der Waals surface area contributed by atoms with Crippen molar-refractivity contribution in [3.05, 3.63) is 29.3 Å². The van der Waals surface area contributed by atoms with Gasteiger partial charge in [-0.25, -0.2) is 0 Å². The molecule has 1 aromatic carbocycles. The predicted molar refractivity (Wildman–Crippen MR) is 77.5 cm³/mol. The first-order chi connectivity index (χ1) is 10.0. The Bertz CT molecular complexity index is 583. The smallest absolute Gasteiger partial charge is 0.323 e. The lowest BCUT2D eigenvalue weighted by atomic mass is 10.1. The molecule has 0 atom stereocenters. The zero-order valence-electron chi connectivity index (χ0n) is 11.9. The number of carbonyl (C=O) groups is 3. The standard InChI is InChI=1S/C15H18N2O4/c1-2-3-4-7-16-10-5-6-11-12(8-10)15(21)17(14(11)20)9-13(18)19/h5-6,8,16H,2-4,7,9H2,1H3,(H,18,19). The van der Waals surface area contributed by atoms with E-state index >= 15 is 0 Å². The minimum atomic E-state index is -1.21. The SMILES string of the molecule is CCCCCNc1ccc2c(c1)C(=O)N(CC(=O)O)C2=O. The first kappa shape index (κ1) is 15.0. The molecule has 1 aromatic rings. The van der Waals surface area contributed by atoms with Gasteiger partial charge < -0.3 is 10.4 Å². The molecular weight excluding hydrogens is 272 g/mol. The number of hydrogen-bond acceptors (Lipinski definition) is 4. The summed E-state index contributed by atoms with van der Waals surface area (Å²) in [5.74, 6) is -2.30. The Balaban J connectivity index is 2.12. The second-order valence-electron chi connectivity index (χ2n) is 4.98. The van der Waals surface area contributed by atoms with Crippen molar-refractivity contribution in [2.45, 2.75) is 26.2 Å². The molecule has 112 valence electrons. The molecule has 0 fully saturated rings. The Morgan fingerprint density at radius 1 is 1.19 bits per heavy atom. The van der Waals surface area contributed by atoms with Crippen LogP contribution in [0.2, 0.25) is 0 Å². The molecule has 0 spiro atoms. The highest BCUT2D eigenvalue weighted by atomic mass is 16.4. The number of nitrogens with one attached hydrogen (secondary N) is 1. The highest BCUT2D eigenvalue weighted by molar-refractivity contribution is 6.22. The number of rotatable bonds is 7. The van der Waals surface area contributed by atoms with Gasteiger partial charge in [0.05, 0.1) is 11.1 Å². The molecule has 0 aliphatic carbocycles. The Hall–Kier alpha value is -2.37. The van der Waals surface area contributed by atoms with Crippen LogP contribution >= 0.6 is 0 Å². The second kappa shape index (κ2) is 6.39. The van der Waals surface area contributed by atoms with E-state index in [4.69, 9.17) is 5.11 Å². The molecule has 6 nitrogen and oxygen atoms in total. The van der Waals surface area contributed by atoms with Gasteiger partial charge in [0.25, 0.3) is 11.8 Å². The van der Waals surface area contributed by atoms with Crippen LogP contribution in [0.5, 0.6) is 0 Å². The summed E-state index contributed by atoms with van der Waals surface area (Å²) in [4.78, 5) is 35.5. The van der Waals surface area contributed by atoms with Gasteiger partial charge in [-0.2, -0.15) is 0 Å². The van der Waals surface area contributed by atoms with E-state index in [0.29, 0.717) is 0 Å². The molecule has 0 aromatic heterocycles. The lowest BCUT2D eigenvalue weighted by molar-refractivity contribution is -0.137. The van der Waals surface area contributed by atoms with Gasteiger partial charge in [0.1, 0.15) is 6.54 Å². The molecule has 0 saturated carbocycles. The van der Waals surface area contributed by atoms with E-state index in [1.165, 1.54) is 0 Å². The Labute approximate surface area is 122 Å². The summed E-state index contributed by atoms with van der Waals surface area (Å²) in [5, 5.41) is 12.0. The molecule has 1 heterocycles. The summed E-state index contributed by atoms with van der Waals surface area (Å²) >= 11 is 0. The number of aliphatic carboxylic acids is 1. The van der Waals surface area contributed by atoms with Crippen LogP contribution in [0.15, 0.2) is 18.2 Å². The van der Waals surface area contributed by atoms with Crippen LogP contribution in [-0.4, -0.2) is 40.9 Å². The van der Waals surface area contributed by atoms with Crippen LogP contribution < -0.4 is 5.32 Å². The van der Waals surface area contributed by atoms with Crippen molar-refractivity contribution < 1.29 is 19.5 Å². The Kier molecular flexibility index (Phi) is 4.57. The van der Waals surface area contributed by atoms with Gasteiger partial charge in [0.2, 0.25) is 0 Å². The number of benzene rings is 1. The highest BCUT2D eigenvalue weighted by Crippen LogP contribution is 2.25. The van der Waals surface area contributed by atoms with E-state index in [-0.39, 0.29) is 11.1 Å². The van der Waals surface area contributed by atoms with Crippen molar-refractivity contribution in [1.82, 2.24) is 4.90 Å². The van der Waals surface area contributed by atoms with Crippen molar-refractivity contribution in [2.24, 2.45) is 0 Å². The molecule has 1 aliphatic heterocycles. The number of anilines is 1. The lowest BCUT2D eigenvalue weighted by Crippen LogP contribution is -2.34. The maximum Gasteiger partial charge on any atom is 0.323 e. The van der Waals surface area contributed by atoms with E-state index < -0.39 is 24.3 Å². The topological polar surface area (TPSA) is 86.7 Å². The third-order valence-corrected chi connectivity index (χ3v) is 3.37. The van der Waals surface area contributed by atoms with Crippen LogP contribution in [0.25, 0.3) is 0 Å². The maximum atomic E-state index is 12.1. The van der Waals surface area contributed by atoms with Gasteiger partial charge in [0, 0.05) is 12.2 Å². The van der Waals surface area contributed by atoms with Gasteiger partial charge in [-0.15, -0.1) is 0 Å². The van der Waals surface area contributed by atoms with Crippen LogP contribution in [0, 0.1) is 0 Å². The number of imide groups is 1. The third kappa shape index (κ3) is 3.21. The molecule has 2 rings (SSSR count). The van der Waals surface area contributed by atoms with Gasteiger partial charge >= 0.3 is 5.97 Å². The molecule has 0 radical (unpaired) electrons. The number of carboxylic acids is 1. The summed E-state index contributed by atoms with van der Waals surface area (Å²) in [6.07, 6.45) is 3.29. The van der Waals surface area contributed by atoms with Crippen LogP contribution in [-0.2, 0) is 4.79 Å². The largest absolute Gasteiger partial charge is 0.480 e. The fourth-order valence-electron chi connectivity index (χ4n) is 2.29. The van der Waals surface area contributed by atoms with Crippen LogP contribution in [0.1, 0.15) is 46.9 Å².